The van der Waals surface area contributed by atoms with Gasteiger partial charge in [0.25, 0.3) is 0 Å². The summed E-state index contributed by atoms with van der Waals surface area (Å²) in [6, 6.07) is 6.44. The quantitative estimate of drug-likeness (QED) is 0.625. The van der Waals surface area contributed by atoms with Gasteiger partial charge in [0.2, 0.25) is 0 Å². The summed E-state index contributed by atoms with van der Waals surface area (Å²) in [5.41, 5.74) is 0.477. The molecule has 0 N–H and O–H groups in total. The van der Waals surface area contributed by atoms with Crippen molar-refractivity contribution < 1.29 is 23.8 Å². The molecule has 1 unspecified atom stereocenters. The van der Waals surface area contributed by atoms with Gasteiger partial charge in [0.05, 0.1) is 24.3 Å². The van der Waals surface area contributed by atoms with Gasteiger partial charge in [-0.1, -0.05) is 12.1 Å². The van der Waals surface area contributed by atoms with Crippen molar-refractivity contribution in [1.29, 1.82) is 0 Å². The lowest BCUT2D eigenvalue weighted by atomic mass is 10.1. The maximum Gasteiger partial charge on any atom is 0.338 e. The van der Waals surface area contributed by atoms with E-state index in [2.05, 4.69) is 0 Å². The number of benzene rings is 1. The third-order valence-electron chi connectivity index (χ3n) is 1.92. The Morgan fingerprint density at radius 1 is 0.944 bits per heavy atom. The summed E-state index contributed by atoms with van der Waals surface area (Å²) < 4.78 is 9.70. The van der Waals surface area contributed by atoms with Crippen LogP contribution in [-0.2, 0) is 9.47 Å². The maximum atomic E-state index is 11.5. The van der Waals surface area contributed by atoms with Gasteiger partial charge in [0.1, 0.15) is 0 Å². The Morgan fingerprint density at radius 2 is 1.28 bits per heavy atom. The minimum absolute atomic E-state index is 0. The standard InChI is InChI=1S/C12H14O4.FH.H3P/c1-3-15-11(13)9-7-5-6-8-10(9)12(14)16-4-2;;/h5-8H,3-4H2,1-2H3;1H;1H3. The first-order valence-electron chi connectivity index (χ1n) is 5.14. The highest BCUT2D eigenvalue weighted by Crippen LogP contribution is 2.11. The number of esters is 2. The lowest BCUT2D eigenvalue weighted by molar-refractivity contribution is 0.0479. The molecule has 0 saturated heterocycles. The van der Waals surface area contributed by atoms with Gasteiger partial charge < -0.3 is 9.47 Å². The van der Waals surface area contributed by atoms with Crippen LogP contribution in [0.2, 0.25) is 0 Å². The summed E-state index contributed by atoms with van der Waals surface area (Å²) in [4.78, 5) is 23.1. The molecule has 1 aromatic carbocycles. The van der Waals surface area contributed by atoms with Crippen LogP contribution < -0.4 is 0 Å². The van der Waals surface area contributed by atoms with Crippen LogP contribution >= 0.6 is 9.90 Å². The van der Waals surface area contributed by atoms with Crippen LogP contribution in [0.5, 0.6) is 0 Å². The van der Waals surface area contributed by atoms with Crippen LogP contribution in [0.3, 0.4) is 0 Å². The highest BCUT2D eigenvalue weighted by atomic mass is 31.0. The number of carbonyl (C=O) groups is 2. The van der Waals surface area contributed by atoms with Crippen LogP contribution in [0.15, 0.2) is 24.3 Å². The summed E-state index contributed by atoms with van der Waals surface area (Å²) in [5, 5.41) is 0. The first-order chi connectivity index (χ1) is 7.70. The van der Waals surface area contributed by atoms with E-state index in [1.165, 1.54) is 0 Å². The van der Waals surface area contributed by atoms with Crippen molar-refractivity contribution >= 4 is 21.8 Å². The first kappa shape index (κ1) is 18.9. The lowest BCUT2D eigenvalue weighted by Gasteiger charge is -2.07. The Hall–Kier alpha value is -1.48. The molecule has 102 valence electrons. The number of rotatable bonds is 4. The molecular formula is C12H18FO4P. The largest absolute Gasteiger partial charge is 0.462 e. The second-order valence-corrected chi connectivity index (χ2v) is 2.99. The van der Waals surface area contributed by atoms with Crippen LogP contribution in [0.4, 0.5) is 4.70 Å². The fourth-order valence-electron chi connectivity index (χ4n) is 1.26. The Balaban J connectivity index is 0. The molecule has 6 heteroatoms. The summed E-state index contributed by atoms with van der Waals surface area (Å²) >= 11 is 0. The molecule has 0 fully saturated rings. The molecule has 0 aliphatic rings. The van der Waals surface area contributed by atoms with Gasteiger partial charge in [-0.25, -0.2) is 9.59 Å². The van der Waals surface area contributed by atoms with Crippen molar-refractivity contribution in [1.82, 2.24) is 0 Å². The highest BCUT2D eigenvalue weighted by Gasteiger charge is 2.17. The van der Waals surface area contributed by atoms with Crippen molar-refractivity contribution in [3.8, 4) is 0 Å². The van der Waals surface area contributed by atoms with E-state index in [1.807, 2.05) is 0 Å². The average molecular weight is 276 g/mol. The van der Waals surface area contributed by atoms with E-state index in [0.717, 1.165) is 0 Å². The first-order valence-corrected chi connectivity index (χ1v) is 5.14. The predicted molar refractivity (Wildman–Crippen MR) is 72.0 cm³/mol. The molecule has 0 aliphatic heterocycles. The highest BCUT2D eigenvalue weighted by molar-refractivity contribution is 6.92. The predicted octanol–water partition coefficient (Wildman–Crippen LogP) is 2.25. The van der Waals surface area contributed by atoms with Crippen molar-refractivity contribution in [3.05, 3.63) is 35.4 Å². The van der Waals surface area contributed by atoms with Gasteiger partial charge in [-0.3, -0.25) is 4.70 Å². The Morgan fingerprint density at radius 3 is 1.56 bits per heavy atom. The van der Waals surface area contributed by atoms with Crippen molar-refractivity contribution in [3.63, 3.8) is 0 Å². The zero-order valence-corrected chi connectivity index (χ0v) is 11.9. The van der Waals surface area contributed by atoms with Gasteiger partial charge >= 0.3 is 11.9 Å². The van der Waals surface area contributed by atoms with Crippen LogP contribution in [-0.4, -0.2) is 25.2 Å². The molecular weight excluding hydrogens is 258 g/mol. The maximum absolute atomic E-state index is 11.5. The van der Waals surface area contributed by atoms with E-state index < -0.39 is 11.9 Å². The Bertz CT molecular complexity index is 358. The summed E-state index contributed by atoms with van der Waals surface area (Å²) in [6.07, 6.45) is 0. The molecule has 0 spiro atoms. The summed E-state index contributed by atoms with van der Waals surface area (Å²) in [5.74, 6) is -1.02. The second kappa shape index (κ2) is 9.54. The van der Waals surface area contributed by atoms with Gasteiger partial charge in [-0.05, 0) is 26.0 Å². The molecule has 18 heavy (non-hydrogen) atoms. The van der Waals surface area contributed by atoms with Gasteiger partial charge in [0, 0.05) is 0 Å². The van der Waals surface area contributed by atoms with Gasteiger partial charge in [-0.2, -0.15) is 9.90 Å². The van der Waals surface area contributed by atoms with Crippen molar-refractivity contribution in [2.24, 2.45) is 0 Å². The van der Waals surface area contributed by atoms with Crippen molar-refractivity contribution in [2.45, 2.75) is 13.8 Å². The zero-order valence-electron chi connectivity index (χ0n) is 10.5. The second-order valence-electron chi connectivity index (χ2n) is 2.99. The molecule has 0 bridgehead atoms. The van der Waals surface area contributed by atoms with Crippen molar-refractivity contribution in [2.75, 3.05) is 13.2 Å². The number of carbonyl (C=O) groups excluding carboxylic acids is 2. The average Bonchev–Trinajstić information content (AvgIpc) is 2.30. The smallest absolute Gasteiger partial charge is 0.338 e. The molecule has 1 rings (SSSR count). The number of hydrogen-bond acceptors (Lipinski definition) is 4. The molecule has 1 aromatic rings. The molecule has 0 saturated carbocycles. The van der Waals surface area contributed by atoms with E-state index in [9.17, 15) is 9.59 Å². The van der Waals surface area contributed by atoms with E-state index in [1.54, 1.807) is 38.1 Å². The van der Waals surface area contributed by atoms with Crippen LogP contribution in [0, 0.1) is 0 Å². The molecule has 0 radical (unpaired) electrons. The van der Waals surface area contributed by atoms with Gasteiger partial charge in [-0.15, -0.1) is 0 Å². The molecule has 1 atom stereocenters. The molecule has 0 aliphatic carbocycles. The SMILES string of the molecule is CCOC(=O)c1ccccc1C(=O)OCC.F.P. The van der Waals surface area contributed by atoms with Crippen LogP contribution in [0.1, 0.15) is 34.6 Å². The zero-order chi connectivity index (χ0) is 12.0. The number of ether oxygens (including phenoxy) is 2. The van der Waals surface area contributed by atoms with Gasteiger partial charge in [0.15, 0.2) is 0 Å². The minimum Gasteiger partial charge on any atom is -0.462 e. The summed E-state index contributed by atoms with van der Waals surface area (Å²) in [6.45, 7) is 3.97. The van der Waals surface area contributed by atoms with E-state index in [0.29, 0.717) is 0 Å². The fraction of sp³-hybridized carbons (Fsp3) is 0.333. The normalized spacial score (nSPS) is 8.56. The molecule has 0 amide bonds. The molecule has 0 aromatic heterocycles. The Kier molecular flexibility index (Phi) is 10.0. The van der Waals surface area contributed by atoms with E-state index >= 15 is 0 Å². The van der Waals surface area contributed by atoms with E-state index in [-0.39, 0.29) is 38.9 Å². The number of hydrogen-bond donors (Lipinski definition) is 0. The molecule has 0 heterocycles. The fourth-order valence-corrected chi connectivity index (χ4v) is 1.26. The molecule has 4 nitrogen and oxygen atoms in total. The summed E-state index contributed by atoms with van der Waals surface area (Å²) in [7, 11) is 0. The monoisotopic (exact) mass is 276 g/mol. The lowest BCUT2D eigenvalue weighted by Crippen LogP contribution is -2.13. The third kappa shape index (κ3) is 4.80. The van der Waals surface area contributed by atoms with Crippen LogP contribution in [0.25, 0.3) is 0 Å². The Labute approximate surface area is 109 Å². The van der Waals surface area contributed by atoms with E-state index in [4.69, 9.17) is 9.47 Å². The topological polar surface area (TPSA) is 52.6 Å². The number of halogens is 1. The third-order valence-corrected chi connectivity index (χ3v) is 1.92. The minimum atomic E-state index is -0.508.